The molecule has 0 bridgehead atoms. The molecule has 0 spiro atoms. The lowest BCUT2D eigenvalue weighted by atomic mass is 9.71. The summed E-state index contributed by atoms with van der Waals surface area (Å²) in [5.74, 6) is 2.61. The molecule has 0 aromatic carbocycles. The molecule has 0 N–H and O–H groups in total. The van der Waals surface area contributed by atoms with E-state index in [2.05, 4.69) is 104 Å². The zero-order chi connectivity index (χ0) is 41.3. The van der Waals surface area contributed by atoms with Gasteiger partial charge in [0.05, 0.1) is 0 Å². The quantitative estimate of drug-likeness (QED) is 0.254. The van der Waals surface area contributed by atoms with E-state index in [4.69, 9.17) is 0 Å². The summed E-state index contributed by atoms with van der Waals surface area (Å²) in [5.41, 5.74) is 4.44. The van der Waals surface area contributed by atoms with Gasteiger partial charge in [0, 0.05) is 0 Å². The summed E-state index contributed by atoms with van der Waals surface area (Å²) in [7, 11) is 0. The molecule has 0 aliphatic heterocycles. The molecule has 0 saturated heterocycles. The highest BCUT2D eigenvalue weighted by atomic mass is 14.3. The third-order valence-corrected chi connectivity index (χ3v) is 6.50. The van der Waals surface area contributed by atoms with Crippen LogP contribution < -0.4 is 0 Å². The van der Waals surface area contributed by atoms with Crippen molar-refractivity contribution in [2.45, 2.75) is 272 Å². The van der Waals surface area contributed by atoms with Crippen molar-refractivity contribution in [2.75, 3.05) is 0 Å². The maximum Gasteiger partial charge on any atom is -0.0175 e. The van der Waals surface area contributed by atoms with Crippen LogP contribution in [0.25, 0.3) is 0 Å². The fourth-order valence-corrected chi connectivity index (χ4v) is 3.26. The van der Waals surface area contributed by atoms with E-state index in [1.165, 1.54) is 57.8 Å². The minimum absolute atomic E-state index is 0.490. The molecule has 1 aliphatic carbocycles. The van der Waals surface area contributed by atoms with Gasteiger partial charge in [-0.3, -0.25) is 0 Å². The van der Waals surface area contributed by atoms with Crippen LogP contribution in [0.4, 0.5) is 0 Å². The predicted octanol–water partition coefficient (Wildman–Crippen LogP) is 20.1. The van der Waals surface area contributed by atoms with Crippen LogP contribution in [-0.2, 0) is 0 Å². The molecule has 0 nitrogen and oxygen atoms in total. The van der Waals surface area contributed by atoms with Gasteiger partial charge in [-0.25, -0.2) is 0 Å². The Bertz CT molecular complexity index is 401. The molecule has 1 rings (SSSR count). The van der Waals surface area contributed by atoms with Crippen LogP contribution in [0.2, 0.25) is 0 Å². The lowest BCUT2D eigenvalue weighted by Crippen LogP contribution is -2.22. The van der Waals surface area contributed by atoms with Crippen LogP contribution in [-0.4, -0.2) is 0 Å². The fourth-order valence-electron chi connectivity index (χ4n) is 3.26. The molecule has 2 unspecified atom stereocenters. The molecule has 2 atom stereocenters. The van der Waals surface area contributed by atoms with E-state index in [0.717, 1.165) is 17.8 Å². The molecule has 0 heteroatoms. The molecule has 0 aromatic heterocycles. The summed E-state index contributed by atoms with van der Waals surface area (Å²) >= 11 is 0. The lowest BCUT2D eigenvalue weighted by molar-refractivity contribution is 0.259. The van der Waals surface area contributed by atoms with E-state index < -0.39 is 0 Å². The van der Waals surface area contributed by atoms with Crippen LogP contribution in [0.15, 0.2) is 11.1 Å². The summed E-state index contributed by atoms with van der Waals surface area (Å²) in [6.45, 7) is 66.1. The van der Waals surface area contributed by atoms with E-state index >= 15 is 0 Å². The Kier molecular flexibility index (Phi) is 117. The first kappa shape index (κ1) is 76.6. The highest BCUT2D eigenvalue weighted by Crippen LogP contribution is 2.40. The van der Waals surface area contributed by atoms with E-state index in [9.17, 15) is 0 Å². The SMILES string of the molecule is CC.CC.CC.CC.CC.CC.CC.CC.CC(C)=C1CCCC(C)C1CCC(C)(C)C.CC(C)C.CCC(C)(C)CC.CCCC. The molecular formula is C47H114. The van der Waals surface area contributed by atoms with E-state index in [1.54, 1.807) is 11.1 Å². The third-order valence-electron chi connectivity index (χ3n) is 6.50. The number of allylic oxidation sites excluding steroid dienone is 2. The number of unbranched alkanes of at least 4 members (excludes halogenated alkanes) is 1. The monoisotopic (exact) mass is 679 g/mol. The standard InChI is InChI=1S/C16H30.C7H16.2C4H10.8C2H6/c1-12(2)14-9-7-8-13(3)15(14)10-11-16(4,5)6;1-5-7(3,4)6-2;1-4(2)3;1-3-4-2;8*1-2/h13,15H,7-11H2,1-6H3;5-6H2,1-4H3;4H,1-3H3;3-4H2,1-2H3;8*1-2H3. The maximum absolute atomic E-state index is 2.45. The van der Waals surface area contributed by atoms with Gasteiger partial charge in [-0.1, -0.05) is 238 Å². The number of hydrogen-bond donors (Lipinski definition) is 0. The zero-order valence-corrected chi connectivity index (χ0v) is 41.1. The Morgan fingerprint density at radius 1 is 0.596 bits per heavy atom. The van der Waals surface area contributed by atoms with Gasteiger partial charge in [0.25, 0.3) is 0 Å². The van der Waals surface area contributed by atoms with Gasteiger partial charge in [-0.2, -0.15) is 0 Å². The maximum atomic E-state index is 2.45. The number of rotatable bonds is 5. The van der Waals surface area contributed by atoms with Crippen LogP contribution >= 0.6 is 0 Å². The van der Waals surface area contributed by atoms with Crippen molar-refractivity contribution >= 4 is 0 Å². The molecule has 0 radical (unpaired) electrons. The normalized spacial score (nSPS) is 13.4. The molecule has 0 aromatic rings. The lowest BCUT2D eigenvalue weighted by Gasteiger charge is -2.34. The van der Waals surface area contributed by atoms with E-state index in [-0.39, 0.29) is 0 Å². The minimum atomic E-state index is 0.490. The van der Waals surface area contributed by atoms with Gasteiger partial charge in [-0.05, 0) is 74.5 Å². The smallest absolute Gasteiger partial charge is 0.0175 e. The van der Waals surface area contributed by atoms with Crippen LogP contribution in [0, 0.1) is 28.6 Å². The van der Waals surface area contributed by atoms with Gasteiger partial charge < -0.3 is 0 Å². The summed E-state index contributed by atoms with van der Waals surface area (Å²) in [4.78, 5) is 0. The van der Waals surface area contributed by atoms with Crippen molar-refractivity contribution in [3.05, 3.63) is 11.1 Å². The highest BCUT2D eigenvalue weighted by molar-refractivity contribution is 5.16. The molecule has 0 amide bonds. The van der Waals surface area contributed by atoms with Crippen molar-refractivity contribution in [1.82, 2.24) is 0 Å². The summed E-state index contributed by atoms with van der Waals surface area (Å²) < 4.78 is 0. The van der Waals surface area contributed by atoms with Crippen LogP contribution in [0.3, 0.4) is 0 Å². The van der Waals surface area contributed by atoms with Gasteiger partial charge >= 0.3 is 0 Å². The average Bonchev–Trinajstić information content (AvgIpc) is 3.11. The minimum Gasteiger partial charge on any atom is -0.0769 e. The van der Waals surface area contributed by atoms with E-state index in [1.807, 2.05) is 111 Å². The first-order valence-corrected chi connectivity index (χ1v) is 21.7. The van der Waals surface area contributed by atoms with E-state index in [0.29, 0.717) is 10.8 Å². The van der Waals surface area contributed by atoms with Gasteiger partial charge in [0.15, 0.2) is 0 Å². The highest BCUT2D eigenvalue weighted by Gasteiger charge is 2.27. The Hall–Kier alpha value is -0.260. The Morgan fingerprint density at radius 3 is 1.04 bits per heavy atom. The topological polar surface area (TPSA) is 0 Å². The molecule has 1 fully saturated rings. The summed E-state index contributed by atoms with van der Waals surface area (Å²) in [6, 6.07) is 0. The third kappa shape index (κ3) is 92.6. The summed E-state index contributed by atoms with van der Waals surface area (Å²) in [5, 5.41) is 0. The van der Waals surface area contributed by atoms with Crippen molar-refractivity contribution in [3.8, 4) is 0 Å². The van der Waals surface area contributed by atoms with Crippen molar-refractivity contribution in [1.29, 1.82) is 0 Å². The predicted molar refractivity (Wildman–Crippen MR) is 240 cm³/mol. The van der Waals surface area contributed by atoms with Crippen molar-refractivity contribution in [2.24, 2.45) is 28.6 Å². The van der Waals surface area contributed by atoms with Crippen LogP contribution in [0.5, 0.6) is 0 Å². The second-order valence-electron chi connectivity index (χ2n) is 12.7. The van der Waals surface area contributed by atoms with Crippen molar-refractivity contribution < 1.29 is 0 Å². The van der Waals surface area contributed by atoms with Crippen LogP contribution in [0.1, 0.15) is 272 Å². The largest absolute Gasteiger partial charge is 0.0769 e. The Labute approximate surface area is 311 Å². The second kappa shape index (κ2) is 71.7. The summed E-state index contributed by atoms with van der Waals surface area (Å²) in [6.07, 6.45) is 12.2. The second-order valence-corrected chi connectivity index (χ2v) is 12.7. The molecule has 1 aliphatic rings. The fraction of sp³-hybridized carbons (Fsp3) is 0.957. The first-order valence-electron chi connectivity index (χ1n) is 21.7. The zero-order valence-electron chi connectivity index (χ0n) is 41.1. The number of hydrogen-bond acceptors (Lipinski definition) is 0. The van der Waals surface area contributed by atoms with Gasteiger partial charge in [0.2, 0.25) is 0 Å². The van der Waals surface area contributed by atoms with Gasteiger partial charge in [-0.15, -0.1) is 0 Å². The molecule has 1 saturated carbocycles. The first-order chi connectivity index (χ1) is 22.1. The Balaban J connectivity index is -0.0000000393. The molecule has 0 heterocycles. The average molecular weight is 679 g/mol. The molecular weight excluding hydrogens is 565 g/mol. The van der Waals surface area contributed by atoms with Gasteiger partial charge in [0.1, 0.15) is 0 Å². The molecule has 302 valence electrons. The Morgan fingerprint density at radius 2 is 0.872 bits per heavy atom. The van der Waals surface area contributed by atoms with Crippen molar-refractivity contribution in [3.63, 3.8) is 0 Å². The molecule has 47 heavy (non-hydrogen) atoms.